The molecule has 0 bridgehead atoms. The van der Waals surface area contributed by atoms with E-state index in [0.29, 0.717) is 5.92 Å². The van der Waals surface area contributed by atoms with Crippen molar-refractivity contribution >= 4 is 29.9 Å². The summed E-state index contributed by atoms with van der Waals surface area (Å²) >= 11 is 0. The van der Waals surface area contributed by atoms with Crippen LogP contribution in [0.2, 0.25) is 0 Å². The van der Waals surface area contributed by atoms with Gasteiger partial charge < -0.3 is 25.0 Å². The van der Waals surface area contributed by atoms with Crippen molar-refractivity contribution in [3.63, 3.8) is 0 Å². The number of hydrogen-bond acceptors (Lipinski definition) is 4. The maximum Gasteiger partial charge on any atom is 0.190 e. The number of aliphatic imine (C=N–C) groups is 1. The summed E-state index contributed by atoms with van der Waals surface area (Å²) in [5, 5.41) is 6.73. The molecular formula is C21H37IN4O2. The van der Waals surface area contributed by atoms with Gasteiger partial charge in [-0.1, -0.05) is 30.3 Å². The predicted octanol–water partition coefficient (Wildman–Crippen LogP) is 2.73. The quantitative estimate of drug-likeness (QED) is 0.199. The molecule has 1 atom stereocenters. The van der Waals surface area contributed by atoms with E-state index in [2.05, 4.69) is 57.9 Å². The van der Waals surface area contributed by atoms with Gasteiger partial charge in [-0.05, 0) is 38.4 Å². The summed E-state index contributed by atoms with van der Waals surface area (Å²) in [5.41, 5.74) is 1.35. The molecule has 0 aromatic heterocycles. The van der Waals surface area contributed by atoms with Gasteiger partial charge >= 0.3 is 0 Å². The van der Waals surface area contributed by atoms with Crippen LogP contribution in [0, 0.1) is 5.92 Å². The van der Waals surface area contributed by atoms with Crippen LogP contribution in [-0.4, -0.2) is 71.0 Å². The molecule has 0 radical (unpaired) electrons. The van der Waals surface area contributed by atoms with Gasteiger partial charge in [0.05, 0.1) is 13.2 Å². The largest absolute Gasteiger partial charge is 0.381 e. The maximum atomic E-state index is 5.72. The molecule has 6 nitrogen and oxygen atoms in total. The Labute approximate surface area is 187 Å². The van der Waals surface area contributed by atoms with E-state index >= 15 is 0 Å². The monoisotopic (exact) mass is 504 g/mol. The molecule has 28 heavy (non-hydrogen) atoms. The lowest BCUT2D eigenvalue weighted by Crippen LogP contribution is -2.39. The first kappa shape index (κ1) is 25.1. The van der Waals surface area contributed by atoms with Gasteiger partial charge in [0.1, 0.15) is 0 Å². The Hall–Kier alpha value is -0.900. The summed E-state index contributed by atoms with van der Waals surface area (Å²) < 4.78 is 11.1. The highest BCUT2D eigenvalue weighted by molar-refractivity contribution is 14.0. The van der Waals surface area contributed by atoms with E-state index in [-0.39, 0.29) is 24.0 Å². The molecule has 1 aromatic carbocycles. The average molecular weight is 504 g/mol. The molecule has 1 aromatic rings. The van der Waals surface area contributed by atoms with Crippen LogP contribution in [0.25, 0.3) is 0 Å². The fourth-order valence-corrected chi connectivity index (χ4v) is 3.10. The van der Waals surface area contributed by atoms with Gasteiger partial charge in [0.15, 0.2) is 5.96 Å². The molecule has 1 aliphatic rings. The predicted molar refractivity (Wildman–Crippen MR) is 127 cm³/mol. The second-order valence-corrected chi connectivity index (χ2v) is 7.16. The summed E-state index contributed by atoms with van der Waals surface area (Å²) in [6.45, 7) is 7.17. The summed E-state index contributed by atoms with van der Waals surface area (Å²) in [6, 6.07) is 10.6. The highest BCUT2D eigenvalue weighted by Gasteiger charge is 2.15. The van der Waals surface area contributed by atoms with Crippen molar-refractivity contribution < 1.29 is 9.47 Å². The smallest absolute Gasteiger partial charge is 0.190 e. The third kappa shape index (κ3) is 11.2. The molecule has 1 aliphatic heterocycles. The number of halogens is 1. The van der Waals surface area contributed by atoms with Gasteiger partial charge in [-0.25, -0.2) is 0 Å². The SMILES string of the molecule is CN=C(NCCCOCC1CCOC1)NCCCN(C)Cc1ccccc1.I. The molecule has 0 amide bonds. The van der Waals surface area contributed by atoms with Gasteiger partial charge in [0.25, 0.3) is 0 Å². The highest BCUT2D eigenvalue weighted by atomic mass is 127. The summed E-state index contributed by atoms with van der Waals surface area (Å²) in [7, 11) is 3.98. The summed E-state index contributed by atoms with van der Waals surface area (Å²) in [6.07, 6.45) is 3.19. The molecule has 1 unspecified atom stereocenters. The second-order valence-electron chi connectivity index (χ2n) is 7.16. The zero-order chi connectivity index (χ0) is 19.2. The van der Waals surface area contributed by atoms with Crippen LogP contribution >= 0.6 is 24.0 Å². The Balaban J connectivity index is 0.00000392. The van der Waals surface area contributed by atoms with Gasteiger partial charge in [0.2, 0.25) is 0 Å². The van der Waals surface area contributed by atoms with Gasteiger partial charge in [-0.2, -0.15) is 0 Å². The van der Waals surface area contributed by atoms with Crippen LogP contribution in [0.15, 0.2) is 35.3 Å². The van der Waals surface area contributed by atoms with Crippen molar-refractivity contribution in [2.45, 2.75) is 25.8 Å². The zero-order valence-electron chi connectivity index (χ0n) is 17.4. The number of nitrogens with one attached hydrogen (secondary N) is 2. The lowest BCUT2D eigenvalue weighted by Gasteiger charge is -2.17. The van der Waals surface area contributed by atoms with E-state index in [0.717, 1.165) is 77.8 Å². The minimum Gasteiger partial charge on any atom is -0.381 e. The lowest BCUT2D eigenvalue weighted by molar-refractivity contribution is 0.0888. The van der Waals surface area contributed by atoms with Gasteiger partial charge in [0, 0.05) is 45.8 Å². The van der Waals surface area contributed by atoms with Gasteiger partial charge in [-0.3, -0.25) is 4.99 Å². The minimum absolute atomic E-state index is 0. The van der Waals surface area contributed by atoms with Crippen molar-refractivity contribution in [3.05, 3.63) is 35.9 Å². The third-order valence-corrected chi connectivity index (χ3v) is 4.66. The second kappa shape index (κ2) is 16.0. The fourth-order valence-electron chi connectivity index (χ4n) is 3.10. The van der Waals surface area contributed by atoms with Crippen LogP contribution in [0.3, 0.4) is 0 Å². The number of ether oxygens (including phenoxy) is 2. The standard InChI is InChI=1S/C21H36N4O2.HI/c1-22-21(24-12-7-14-26-17-20-10-15-27-18-20)23-11-6-13-25(2)16-19-8-4-3-5-9-19;/h3-5,8-9,20H,6-7,10-18H2,1-2H3,(H2,22,23,24);1H. The first-order chi connectivity index (χ1) is 13.3. The lowest BCUT2D eigenvalue weighted by atomic mass is 10.1. The van der Waals surface area contributed by atoms with E-state index in [1.165, 1.54) is 5.56 Å². The van der Waals surface area contributed by atoms with E-state index in [1.807, 2.05) is 7.05 Å². The Bertz CT molecular complexity index is 524. The van der Waals surface area contributed by atoms with Crippen LogP contribution in [0.5, 0.6) is 0 Å². The minimum atomic E-state index is 0. The Morgan fingerprint density at radius 1 is 1.21 bits per heavy atom. The molecule has 160 valence electrons. The van der Waals surface area contributed by atoms with Crippen molar-refractivity contribution in [2.75, 3.05) is 60.2 Å². The highest BCUT2D eigenvalue weighted by Crippen LogP contribution is 2.12. The number of nitrogens with zero attached hydrogens (tertiary/aromatic N) is 2. The Kier molecular flexibility index (Phi) is 14.3. The van der Waals surface area contributed by atoms with E-state index in [4.69, 9.17) is 9.47 Å². The zero-order valence-corrected chi connectivity index (χ0v) is 19.7. The van der Waals surface area contributed by atoms with E-state index < -0.39 is 0 Å². The van der Waals surface area contributed by atoms with Crippen LogP contribution in [0.1, 0.15) is 24.8 Å². The molecule has 0 aliphatic carbocycles. The molecule has 7 heteroatoms. The number of rotatable bonds is 12. The van der Waals surface area contributed by atoms with Crippen molar-refractivity contribution in [3.8, 4) is 0 Å². The first-order valence-electron chi connectivity index (χ1n) is 10.1. The normalized spacial score (nSPS) is 16.8. The van der Waals surface area contributed by atoms with Crippen LogP contribution < -0.4 is 10.6 Å². The first-order valence-corrected chi connectivity index (χ1v) is 10.1. The molecular weight excluding hydrogens is 467 g/mol. The maximum absolute atomic E-state index is 5.72. The Morgan fingerprint density at radius 3 is 2.64 bits per heavy atom. The summed E-state index contributed by atoms with van der Waals surface area (Å²) in [5.74, 6) is 1.46. The van der Waals surface area contributed by atoms with E-state index in [1.54, 1.807) is 0 Å². The average Bonchev–Trinajstić information content (AvgIpc) is 3.20. The number of guanidine groups is 1. The third-order valence-electron chi connectivity index (χ3n) is 4.66. The Morgan fingerprint density at radius 2 is 1.96 bits per heavy atom. The van der Waals surface area contributed by atoms with Crippen molar-refractivity contribution in [2.24, 2.45) is 10.9 Å². The number of benzene rings is 1. The molecule has 1 heterocycles. The molecule has 1 fully saturated rings. The molecule has 0 spiro atoms. The van der Waals surface area contributed by atoms with Crippen LogP contribution in [-0.2, 0) is 16.0 Å². The van der Waals surface area contributed by atoms with Gasteiger partial charge in [-0.15, -0.1) is 24.0 Å². The molecule has 0 saturated carbocycles. The molecule has 2 N–H and O–H groups in total. The number of hydrogen-bond donors (Lipinski definition) is 2. The molecule has 1 saturated heterocycles. The van der Waals surface area contributed by atoms with Crippen molar-refractivity contribution in [1.82, 2.24) is 15.5 Å². The van der Waals surface area contributed by atoms with E-state index in [9.17, 15) is 0 Å². The van der Waals surface area contributed by atoms with Crippen LogP contribution in [0.4, 0.5) is 0 Å². The fraction of sp³-hybridized carbons (Fsp3) is 0.667. The van der Waals surface area contributed by atoms with Crippen molar-refractivity contribution in [1.29, 1.82) is 0 Å². The topological polar surface area (TPSA) is 58.1 Å². The summed E-state index contributed by atoms with van der Waals surface area (Å²) in [4.78, 5) is 6.62. The molecule has 2 rings (SSSR count).